The van der Waals surface area contributed by atoms with E-state index in [0.717, 1.165) is 22.3 Å². The summed E-state index contributed by atoms with van der Waals surface area (Å²) in [5.74, 6) is -1.53. The summed E-state index contributed by atoms with van der Waals surface area (Å²) in [6.45, 7) is 0.173. The minimum Gasteiger partial charge on any atom is -0.479 e. The van der Waals surface area contributed by atoms with E-state index >= 15 is 0 Å². The molecule has 5 nitrogen and oxygen atoms in total. The fraction of sp³-hybridized carbons (Fsp3) is 0.300. The predicted molar refractivity (Wildman–Crippen MR) is 92.7 cm³/mol. The van der Waals surface area contributed by atoms with Crippen molar-refractivity contribution in [3.8, 4) is 11.1 Å². The lowest BCUT2D eigenvalue weighted by atomic mass is 9.77. The molecule has 0 aromatic heterocycles. The van der Waals surface area contributed by atoms with Crippen LogP contribution in [0.25, 0.3) is 11.1 Å². The molecule has 0 bridgehead atoms. The molecular weight excluding hydrogens is 337 g/mol. The van der Waals surface area contributed by atoms with Gasteiger partial charge in [0.05, 0.1) is 0 Å². The SMILES string of the molecule is O=C(NC1CC(F)(C(=O)O)C1)OCC1c2ccccc2-c2ccccc21. The van der Waals surface area contributed by atoms with E-state index in [1.54, 1.807) is 0 Å². The molecule has 2 aromatic rings. The number of hydrogen-bond acceptors (Lipinski definition) is 3. The standard InChI is InChI=1S/C20H18FNO4/c21-20(18(23)24)9-12(10-20)22-19(25)26-11-17-15-7-3-1-5-13(15)14-6-2-4-8-16(14)17/h1-8,12,17H,9-11H2,(H,22,25)(H,23,24). The average molecular weight is 355 g/mol. The number of fused-ring (bicyclic) bond motifs is 3. The molecule has 1 amide bonds. The summed E-state index contributed by atoms with van der Waals surface area (Å²) < 4.78 is 19.1. The minimum absolute atomic E-state index is 0.0474. The van der Waals surface area contributed by atoms with Gasteiger partial charge in [-0.25, -0.2) is 14.0 Å². The van der Waals surface area contributed by atoms with Crippen molar-refractivity contribution in [1.29, 1.82) is 0 Å². The molecular formula is C20H18FNO4. The normalized spacial score (nSPS) is 23.5. The van der Waals surface area contributed by atoms with Gasteiger partial charge >= 0.3 is 12.1 Å². The average Bonchev–Trinajstić information content (AvgIpc) is 2.92. The molecule has 2 aliphatic rings. The fourth-order valence-electron chi connectivity index (χ4n) is 3.80. The molecule has 0 unspecified atom stereocenters. The van der Waals surface area contributed by atoms with Crippen molar-refractivity contribution in [2.75, 3.05) is 6.61 Å². The van der Waals surface area contributed by atoms with Gasteiger partial charge in [-0.05, 0) is 22.3 Å². The van der Waals surface area contributed by atoms with Crippen LogP contribution in [0.3, 0.4) is 0 Å². The van der Waals surface area contributed by atoms with Crippen LogP contribution in [-0.4, -0.2) is 35.5 Å². The zero-order valence-corrected chi connectivity index (χ0v) is 13.9. The number of benzene rings is 2. The monoisotopic (exact) mass is 355 g/mol. The molecule has 6 heteroatoms. The molecule has 0 saturated heterocycles. The Morgan fingerprint density at radius 1 is 1.08 bits per heavy atom. The first kappa shape index (κ1) is 16.6. The molecule has 1 saturated carbocycles. The number of hydrogen-bond donors (Lipinski definition) is 2. The second kappa shape index (κ2) is 6.12. The second-order valence-electron chi connectivity index (χ2n) is 6.85. The van der Waals surface area contributed by atoms with Crippen molar-refractivity contribution in [1.82, 2.24) is 5.32 Å². The van der Waals surface area contributed by atoms with Gasteiger partial charge in [0.15, 0.2) is 0 Å². The number of halogens is 1. The Labute approximate surface area is 149 Å². The quantitative estimate of drug-likeness (QED) is 0.880. The Kier molecular flexibility index (Phi) is 3.90. The van der Waals surface area contributed by atoms with E-state index in [9.17, 15) is 14.0 Å². The third kappa shape index (κ3) is 2.71. The topological polar surface area (TPSA) is 75.6 Å². The summed E-state index contributed by atoms with van der Waals surface area (Å²) in [4.78, 5) is 22.8. The van der Waals surface area contributed by atoms with Gasteiger partial charge in [0, 0.05) is 24.8 Å². The van der Waals surface area contributed by atoms with Gasteiger partial charge in [-0.1, -0.05) is 48.5 Å². The van der Waals surface area contributed by atoms with E-state index in [4.69, 9.17) is 9.84 Å². The van der Waals surface area contributed by atoms with Gasteiger partial charge in [-0.2, -0.15) is 0 Å². The number of alkyl halides is 1. The number of amides is 1. The van der Waals surface area contributed by atoms with Gasteiger partial charge < -0.3 is 15.2 Å². The number of carboxylic acid groups (broad SMARTS) is 1. The maximum atomic E-state index is 13.7. The number of carbonyl (C=O) groups excluding carboxylic acids is 1. The van der Waals surface area contributed by atoms with Gasteiger partial charge in [0.2, 0.25) is 5.67 Å². The maximum Gasteiger partial charge on any atom is 0.407 e. The number of rotatable bonds is 4. The summed E-state index contributed by atoms with van der Waals surface area (Å²) in [6.07, 6.45) is -1.11. The molecule has 0 aliphatic heterocycles. The van der Waals surface area contributed by atoms with Crippen LogP contribution in [0, 0.1) is 0 Å². The molecule has 0 heterocycles. The van der Waals surface area contributed by atoms with Crippen LogP contribution < -0.4 is 5.32 Å². The van der Waals surface area contributed by atoms with Gasteiger partial charge in [-0.15, -0.1) is 0 Å². The zero-order valence-electron chi connectivity index (χ0n) is 13.9. The van der Waals surface area contributed by atoms with Crippen LogP contribution in [0.1, 0.15) is 29.9 Å². The third-order valence-corrected chi connectivity index (χ3v) is 5.19. The maximum absolute atomic E-state index is 13.7. The summed E-state index contributed by atoms with van der Waals surface area (Å²) in [5.41, 5.74) is 2.26. The third-order valence-electron chi connectivity index (χ3n) is 5.19. The molecule has 2 N–H and O–H groups in total. The summed E-state index contributed by atoms with van der Waals surface area (Å²) in [7, 11) is 0. The van der Waals surface area contributed by atoms with Crippen LogP contribution in [0.15, 0.2) is 48.5 Å². The number of carboxylic acids is 1. The molecule has 2 aromatic carbocycles. The highest BCUT2D eigenvalue weighted by atomic mass is 19.1. The fourth-order valence-corrected chi connectivity index (χ4v) is 3.80. The molecule has 134 valence electrons. The van der Waals surface area contributed by atoms with Crippen molar-refractivity contribution in [3.63, 3.8) is 0 Å². The number of carbonyl (C=O) groups is 2. The molecule has 2 aliphatic carbocycles. The molecule has 4 rings (SSSR count). The second-order valence-corrected chi connectivity index (χ2v) is 6.85. The summed E-state index contributed by atoms with van der Waals surface area (Å²) >= 11 is 0. The number of ether oxygens (including phenoxy) is 1. The van der Waals surface area contributed by atoms with Gasteiger partial charge in [0.25, 0.3) is 0 Å². The Bertz CT molecular complexity index is 830. The first-order valence-electron chi connectivity index (χ1n) is 8.52. The summed E-state index contributed by atoms with van der Waals surface area (Å²) in [5, 5.41) is 11.3. The highest BCUT2D eigenvalue weighted by Crippen LogP contribution is 2.44. The van der Waals surface area contributed by atoms with Crippen LogP contribution in [0.5, 0.6) is 0 Å². The Morgan fingerprint density at radius 3 is 2.15 bits per heavy atom. The lowest BCUT2D eigenvalue weighted by molar-refractivity contribution is -0.158. The van der Waals surface area contributed by atoms with E-state index < -0.39 is 23.8 Å². The highest BCUT2D eigenvalue weighted by molar-refractivity contribution is 5.80. The van der Waals surface area contributed by atoms with Crippen molar-refractivity contribution < 1.29 is 23.8 Å². The molecule has 0 atom stereocenters. The Balaban J connectivity index is 1.40. The predicted octanol–water partition coefficient (Wildman–Crippen LogP) is 3.48. The number of aliphatic carboxylic acids is 1. The van der Waals surface area contributed by atoms with Crippen LogP contribution in [0.4, 0.5) is 9.18 Å². The molecule has 1 fully saturated rings. The van der Waals surface area contributed by atoms with Gasteiger partial charge in [0.1, 0.15) is 6.61 Å². The van der Waals surface area contributed by atoms with E-state index in [0.29, 0.717) is 0 Å². The largest absolute Gasteiger partial charge is 0.479 e. The van der Waals surface area contributed by atoms with Crippen molar-refractivity contribution in [2.45, 2.75) is 30.5 Å². The van der Waals surface area contributed by atoms with E-state index in [2.05, 4.69) is 17.4 Å². The molecule has 26 heavy (non-hydrogen) atoms. The molecule has 0 radical (unpaired) electrons. The first-order chi connectivity index (χ1) is 12.5. The first-order valence-corrected chi connectivity index (χ1v) is 8.52. The van der Waals surface area contributed by atoms with E-state index in [1.807, 2.05) is 36.4 Å². The Hall–Kier alpha value is -2.89. The lowest BCUT2D eigenvalue weighted by Gasteiger charge is -2.37. The minimum atomic E-state index is -2.23. The van der Waals surface area contributed by atoms with E-state index in [-0.39, 0.29) is 25.4 Å². The Morgan fingerprint density at radius 2 is 1.62 bits per heavy atom. The zero-order chi connectivity index (χ0) is 18.3. The number of alkyl carbamates (subject to hydrolysis) is 1. The number of nitrogens with one attached hydrogen (secondary N) is 1. The highest BCUT2D eigenvalue weighted by Gasteiger charge is 2.52. The smallest absolute Gasteiger partial charge is 0.407 e. The summed E-state index contributed by atoms with van der Waals surface area (Å²) in [6, 6.07) is 15.5. The van der Waals surface area contributed by atoms with Crippen LogP contribution in [0.2, 0.25) is 0 Å². The van der Waals surface area contributed by atoms with Crippen LogP contribution in [-0.2, 0) is 9.53 Å². The van der Waals surface area contributed by atoms with Crippen molar-refractivity contribution in [3.05, 3.63) is 59.7 Å². The van der Waals surface area contributed by atoms with Crippen LogP contribution >= 0.6 is 0 Å². The van der Waals surface area contributed by atoms with Gasteiger partial charge in [-0.3, -0.25) is 0 Å². The van der Waals surface area contributed by atoms with Crippen molar-refractivity contribution >= 4 is 12.1 Å². The lowest BCUT2D eigenvalue weighted by Crippen LogP contribution is -2.56. The van der Waals surface area contributed by atoms with E-state index in [1.165, 1.54) is 0 Å². The molecule has 0 spiro atoms. The van der Waals surface area contributed by atoms with Crippen molar-refractivity contribution in [2.24, 2.45) is 0 Å².